The maximum absolute atomic E-state index is 11.5. The molecule has 0 amide bonds. The second-order valence-electron chi connectivity index (χ2n) is 6.16. The summed E-state index contributed by atoms with van der Waals surface area (Å²) in [5, 5.41) is 6.27. The van der Waals surface area contributed by atoms with Crippen molar-refractivity contribution in [1.82, 2.24) is 15.5 Å². The lowest BCUT2D eigenvalue weighted by Gasteiger charge is -2.33. The average Bonchev–Trinajstić information content (AvgIpc) is 2.53. The van der Waals surface area contributed by atoms with Gasteiger partial charge in [-0.1, -0.05) is 13.3 Å². The third-order valence-electron chi connectivity index (χ3n) is 4.30. The molecule has 1 atom stereocenters. The number of guanidine groups is 1. The van der Waals surface area contributed by atoms with E-state index in [4.69, 9.17) is 0 Å². The summed E-state index contributed by atoms with van der Waals surface area (Å²) in [6.07, 6.45) is 5.00. The van der Waals surface area contributed by atoms with Gasteiger partial charge in [-0.25, -0.2) is 8.42 Å². The van der Waals surface area contributed by atoms with Gasteiger partial charge in [-0.05, 0) is 39.7 Å². The van der Waals surface area contributed by atoms with E-state index in [0.717, 1.165) is 26.1 Å². The van der Waals surface area contributed by atoms with Gasteiger partial charge in [-0.15, -0.1) is 0 Å². The fraction of sp³-hybridized carbons (Fsp3) is 0.938. The molecule has 0 aromatic carbocycles. The minimum atomic E-state index is -2.93. The topological polar surface area (TPSA) is 73.8 Å². The highest BCUT2D eigenvalue weighted by molar-refractivity contribution is 7.91. The molecule has 0 aromatic heterocycles. The number of nitrogens with zero attached hydrogens (tertiary/aromatic N) is 2. The Morgan fingerprint density at radius 1 is 1.26 bits per heavy atom. The van der Waals surface area contributed by atoms with Gasteiger partial charge in [-0.3, -0.25) is 4.99 Å². The monoisotopic (exact) mass is 346 g/mol. The summed E-state index contributed by atoms with van der Waals surface area (Å²) < 4.78 is 23.0. The van der Waals surface area contributed by atoms with Gasteiger partial charge in [0, 0.05) is 38.0 Å². The quantitative estimate of drug-likeness (QED) is 0.373. The molecule has 2 N–H and O–H groups in total. The fourth-order valence-electron chi connectivity index (χ4n) is 2.77. The van der Waals surface area contributed by atoms with Gasteiger partial charge in [-0.2, -0.15) is 0 Å². The van der Waals surface area contributed by atoms with Crippen molar-refractivity contribution in [2.45, 2.75) is 52.5 Å². The van der Waals surface area contributed by atoms with Crippen LogP contribution in [0.4, 0.5) is 0 Å². The smallest absolute Gasteiger partial charge is 0.191 e. The Hall–Kier alpha value is -0.820. The maximum Gasteiger partial charge on any atom is 0.191 e. The Labute approximate surface area is 142 Å². The molecule has 1 saturated heterocycles. The van der Waals surface area contributed by atoms with Gasteiger partial charge < -0.3 is 15.5 Å². The second kappa shape index (κ2) is 10.9. The van der Waals surface area contributed by atoms with E-state index in [1.165, 1.54) is 25.8 Å². The minimum Gasteiger partial charge on any atom is -0.357 e. The van der Waals surface area contributed by atoms with E-state index in [2.05, 4.69) is 27.4 Å². The number of piperidine rings is 1. The number of hydrogen-bond acceptors (Lipinski definition) is 4. The molecule has 23 heavy (non-hydrogen) atoms. The van der Waals surface area contributed by atoms with Crippen molar-refractivity contribution in [1.29, 1.82) is 0 Å². The van der Waals surface area contributed by atoms with Crippen LogP contribution in [0.3, 0.4) is 0 Å². The summed E-state index contributed by atoms with van der Waals surface area (Å²) in [5.74, 6) is 1.06. The lowest BCUT2D eigenvalue weighted by atomic mass is 10.0. The van der Waals surface area contributed by atoms with Gasteiger partial charge in [0.1, 0.15) is 0 Å². The van der Waals surface area contributed by atoms with E-state index in [-0.39, 0.29) is 11.5 Å². The van der Waals surface area contributed by atoms with E-state index in [0.29, 0.717) is 18.5 Å². The first-order valence-electron chi connectivity index (χ1n) is 8.95. The number of hydrogen-bond donors (Lipinski definition) is 2. The molecule has 1 heterocycles. The minimum absolute atomic E-state index is 0.152. The summed E-state index contributed by atoms with van der Waals surface area (Å²) >= 11 is 0. The first kappa shape index (κ1) is 20.2. The van der Waals surface area contributed by atoms with Crippen LogP contribution < -0.4 is 10.6 Å². The highest BCUT2D eigenvalue weighted by Crippen LogP contribution is 2.16. The van der Waals surface area contributed by atoms with Crippen LogP contribution in [0.5, 0.6) is 0 Å². The van der Waals surface area contributed by atoms with Gasteiger partial charge in [0.2, 0.25) is 0 Å². The Morgan fingerprint density at radius 2 is 2.04 bits per heavy atom. The van der Waals surface area contributed by atoms with Crippen molar-refractivity contribution in [2.24, 2.45) is 4.99 Å². The van der Waals surface area contributed by atoms with Gasteiger partial charge >= 0.3 is 0 Å². The van der Waals surface area contributed by atoms with Crippen LogP contribution in [0.1, 0.15) is 46.5 Å². The van der Waals surface area contributed by atoms with Gasteiger partial charge in [0.05, 0.1) is 5.75 Å². The molecule has 0 aliphatic carbocycles. The molecule has 0 aromatic rings. The molecular formula is C16H34N4O2S. The number of nitrogens with one attached hydrogen (secondary N) is 2. The van der Waals surface area contributed by atoms with Crippen LogP contribution in [0.25, 0.3) is 0 Å². The summed E-state index contributed by atoms with van der Waals surface area (Å²) in [5.41, 5.74) is 0. The zero-order valence-corrected chi connectivity index (χ0v) is 15.8. The lowest BCUT2D eigenvalue weighted by molar-refractivity contribution is 0.160. The van der Waals surface area contributed by atoms with E-state index in [1.54, 1.807) is 6.92 Å². The van der Waals surface area contributed by atoms with Crippen molar-refractivity contribution in [3.63, 3.8) is 0 Å². The highest BCUT2D eigenvalue weighted by atomic mass is 32.2. The fourth-order valence-corrected chi connectivity index (χ4v) is 3.47. The summed E-state index contributed by atoms with van der Waals surface area (Å²) in [7, 11) is -2.93. The molecule has 0 saturated carbocycles. The standard InChI is InChI=1S/C16H34N4O2S/c1-4-17-16(19-11-14-23(21,22)5-2)18-10-8-13-20-12-7-6-9-15(20)3/h15H,4-14H2,1-3H3,(H2,17,18,19). The van der Waals surface area contributed by atoms with E-state index in [9.17, 15) is 8.42 Å². The molecule has 0 spiro atoms. The molecule has 7 heteroatoms. The lowest BCUT2D eigenvalue weighted by Crippen LogP contribution is -2.40. The molecular weight excluding hydrogens is 312 g/mol. The normalized spacial score (nSPS) is 20.5. The SMILES string of the molecule is CCNC(=NCCCN1CCCCC1C)NCCS(=O)(=O)CC. The summed E-state index contributed by atoms with van der Waals surface area (Å²) in [6, 6.07) is 0.693. The molecule has 1 aliphatic heterocycles. The third-order valence-corrected chi connectivity index (χ3v) is 6.01. The molecule has 1 fully saturated rings. The molecule has 136 valence electrons. The Kier molecular flexibility index (Phi) is 9.55. The highest BCUT2D eigenvalue weighted by Gasteiger charge is 2.17. The summed E-state index contributed by atoms with van der Waals surface area (Å²) in [4.78, 5) is 7.09. The maximum atomic E-state index is 11.5. The predicted molar refractivity (Wildman–Crippen MR) is 97.8 cm³/mol. The van der Waals surface area contributed by atoms with E-state index in [1.807, 2.05) is 6.92 Å². The van der Waals surface area contributed by atoms with Crippen LogP contribution in [0.15, 0.2) is 4.99 Å². The average molecular weight is 347 g/mol. The van der Waals surface area contributed by atoms with Crippen molar-refractivity contribution >= 4 is 15.8 Å². The molecule has 1 rings (SSSR count). The number of aliphatic imine (C=N–C) groups is 1. The number of likely N-dealkylation sites (tertiary alicyclic amines) is 1. The van der Waals surface area contributed by atoms with Crippen molar-refractivity contribution < 1.29 is 8.42 Å². The molecule has 1 aliphatic rings. The number of sulfone groups is 1. The molecule has 0 radical (unpaired) electrons. The van der Waals surface area contributed by atoms with Crippen LogP contribution in [0, 0.1) is 0 Å². The van der Waals surface area contributed by atoms with Crippen LogP contribution in [-0.2, 0) is 9.84 Å². The van der Waals surface area contributed by atoms with Crippen LogP contribution in [0.2, 0.25) is 0 Å². The van der Waals surface area contributed by atoms with E-state index >= 15 is 0 Å². The third kappa shape index (κ3) is 8.55. The number of rotatable bonds is 9. The first-order chi connectivity index (χ1) is 11.0. The molecule has 6 nitrogen and oxygen atoms in total. The van der Waals surface area contributed by atoms with Gasteiger partial charge in [0.15, 0.2) is 15.8 Å². The zero-order valence-electron chi connectivity index (χ0n) is 15.0. The zero-order chi connectivity index (χ0) is 17.1. The first-order valence-corrected chi connectivity index (χ1v) is 10.8. The largest absolute Gasteiger partial charge is 0.357 e. The Balaban J connectivity index is 2.30. The Morgan fingerprint density at radius 3 is 2.70 bits per heavy atom. The predicted octanol–water partition coefficient (Wildman–Crippen LogP) is 1.24. The Bertz CT molecular complexity index is 451. The van der Waals surface area contributed by atoms with E-state index < -0.39 is 9.84 Å². The van der Waals surface area contributed by atoms with Crippen LogP contribution in [-0.4, -0.2) is 69.5 Å². The summed E-state index contributed by atoms with van der Waals surface area (Å²) in [6.45, 7) is 10.2. The second-order valence-corrected chi connectivity index (χ2v) is 8.63. The van der Waals surface area contributed by atoms with Crippen LogP contribution >= 0.6 is 0 Å². The van der Waals surface area contributed by atoms with Crippen molar-refractivity contribution in [2.75, 3.05) is 44.2 Å². The van der Waals surface area contributed by atoms with Gasteiger partial charge in [0.25, 0.3) is 0 Å². The van der Waals surface area contributed by atoms with Crippen molar-refractivity contribution in [3.05, 3.63) is 0 Å². The van der Waals surface area contributed by atoms with Crippen molar-refractivity contribution in [3.8, 4) is 0 Å². The molecule has 0 bridgehead atoms. The molecule has 1 unspecified atom stereocenters.